The average Bonchev–Trinajstić information content (AvgIpc) is 2.34. The van der Waals surface area contributed by atoms with Crippen LogP contribution in [0.1, 0.15) is 5.56 Å². The van der Waals surface area contributed by atoms with Gasteiger partial charge in [0.05, 0.1) is 0 Å². The SMILES string of the molecule is Cc1ccc(NC(=S)Nc2cccc(Br)c2)cc1F. The van der Waals surface area contributed by atoms with Crippen LogP contribution in [0.15, 0.2) is 46.9 Å². The first-order chi connectivity index (χ1) is 9.04. The second kappa shape index (κ2) is 6.12. The van der Waals surface area contributed by atoms with Crippen molar-refractivity contribution in [2.45, 2.75) is 6.92 Å². The monoisotopic (exact) mass is 338 g/mol. The number of nitrogens with one attached hydrogen (secondary N) is 2. The highest BCUT2D eigenvalue weighted by Crippen LogP contribution is 2.17. The molecule has 2 N–H and O–H groups in total. The van der Waals surface area contributed by atoms with Crippen LogP contribution in [0.4, 0.5) is 15.8 Å². The molecule has 19 heavy (non-hydrogen) atoms. The molecule has 98 valence electrons. The third kappa shape index (κ3) is 4.01. The van der Waals surface area contributed by atoms with E-state index in [4.69, 9.17) is 12.2 Å². The van der Waals surface area contributed by atoms with E-state index in [1.807, 2.05) is 24.3 Å². The number of aryl methyl sites for hydroxylation is 1. The smallest absolute Gasteiger partial charge is 0.175 e. The molecule has 5 heteroatoms. The lowest BCUT2D eigenvalue weighted by atomic mass is 10.2. The maximum absolute atomic E-state index is 13.4. The van der Waals surface area contributed by atoms with Gasteiger partial charge in [-0.25, -0.2) is 4.39 Å². The lowest BCUT2D eigenvalue weighted by molar-refractivity contribution is 0.619. The number of benzene rings is 2. The molecule has 0 amide bonds. The van der Waals surface area contributed by atoms with Gasteiger partial charge in [0.1, 0.15) is 5.82 Å². The molecule has 0 saturated heterocycles. The molecule has 0 unspecified atom stereocenters. The first kappa shape index (κ1) is 14.0. The standard InChI is InChI=1S/C14H12BrFN2S/c1-9-5-6-12(8-13(9)16)18-14(19)17-11-4-2-3-10(15)7-11/h2-8H,1H3,(H2,17,18,19). The maximum atomic E-state index is 13.4. The molecule has 0 fully saturated rings. The van der Waals surface area contributed by atoms with E-state index in [1.165, 1.54) is 6.07 Å². The van der Waals surface area contributed by atoms with Crippen molar-refractivity contribution < 1.29 is 4.39 Å². The molecular formula is C14H12BrFN2S. The number of hydrogen-bond donors (Lipinski definition) is 2. The summed E-state index contributed by atoms with van der Waals surface area (Å²) in [6, 6.07) is 12.5. The van der Waals surface area contributed by atoms with Gasteiger partial charge >= 0.3 is 0 Å². The zero-order valence-corrected chi connectivity index (χ0v) is 12.6. The molecule has 0 heterocycles. The molecular weight excluding hydrogens is 327 g/mol. The Morgan fingerprint density at radius 1 is 1.11 bits per heavy atom. The zero-order chi connectivity index (χ0) is 13.8. The predicted molar refractivity (Wildman–Crippen MR) is 85.1 cm³/mol. The van der Waals surface area contributed by atoms with E-state index in [1.54, 1.807) is 19.1 Å². The van der Waals surface area contributed by atoms with Gasteiger partial charge in [0.25, 0.3) is 0 Å². The van der Waals surface area contributed by atoms with Crippen molar-refractivity contribution >= 4 is 44.6 Å². The van der Waals surface area contributed by atoms with Gasteiger partial charge < -0.3 is 10.6 Å². The van der Waals surface area contributed by atoms with Gasteiger partial charge in [-0.05, 0) is 55.0 Å². The summed E-state index contributed by atoms with van der Waals surface area (Å²) in [4.78, 5) is 0. The van der Waals surface area contributed by atoms with Crippen LogP contribution in [0, 0.1) is 12.7 Å². The van der Waals surface area contributed by atoms with E-state index < -0.39 is 0 Å². The molecule has 0 aliphatic rings. The molecule has 0 spiro atoms. The Hall–Kier alpha value is -1.46. The molecule has 0 aliphatic carbocycles. The third-order valence-electron chi connectivity index (χ3n) is 2.51. The molecule has 2 nitrogen and oxygen atoms in total. The lowest BCUT2D eigenvalue weighted by Gasteiger charge is -2.11. The minimum absolute atomic E-state index is 0.254. The fraction of sp³-hybridized carbons (Fsp3) is 0.0714. The van der Waals surface area contributed by atoms with Crippen molar-refractivity contribution in [2.75, 3.05) is 10.6 Å². The lowest BCUT2D eigenvalue weighted by Crippen LogP contribution is -2.19. The Balaban J connectivity index is 2.03. The van der Waals surface area contributed by atoms with Crippen LogP contribution < -0.4 is 10.6 Å². The minimum atomic E-state index is -0.254. The van der Waals surface area contributed by atoms with Crippen LogP contribution >= 0.6 is 28.1 Å². The zero-order valence-electron chi connectivity index (χ0n) is 10.2. The number of hydrogen-bond acceptors (Lipinski definition) is 1. The molecule has 2 rings (SSSR count). The van der Waals surface area contributed by atoms with Crippen molar-refractivity contribution in [3.63, 3.8) is 0 Å². The molecule has 0 atom stereocenters. The van der Waals surface area contributed by atoms with Crippen molar-refractivity contribution in [1.29, 1.82) is 0 Å². The van der Waals surface area contributed by atoms with Gasteiger partial charge in [0, 0.05) is 15.8 Å². The Morgan fingerprint density at radius 3 is 2.42 bits per heavy atom. The van der Waals surface area contributed by atoms with Gasteiger partial charge in [-0.2, -0.15) is 0 Å². The van der Waals surface area contributed by atoms with Crippen molar-refractivity contribution in [3.8, 4) is 0 Å². The topological polar surface area (TPSA) is 24.1 Å². The number of thiocarbonyl (C=S) groups is 1. The summed E-state index contributed by atoms with van der Waals surface area (Å²) < 4.78 is 14.4. The summed E-state index contributed by atoms with van der Waals surface area (Å²) in [5, 5.41) is 6.39. The average molecular weight is 339 g/mol. The fourth-order valence-corrected chi connectivity index (χ4v) is 2.17. The summed E-state index contributed by atoms with van der Waals surface area (Å²) in [5.74, 6) is -0.254. The molecule has 2 aromatic carbocycles. The van der Waals surface area contributed by atoms with Crippen LogP contribution in [-0.4, -0.2) is 5.11 Å². The number of anilines is 2. The van der Waals surface area contributed by atoms with Crippen molar-refractivity contribution in [2.24, 2.45) is 0 Å². The third-order valence-corrected chi connectivity index (χ3v) is 3.21. The predicted octanol–water partition coefficient (Wildman–Crippen LogP) is 4.71. The summed E-state index contributed by atoms with van der Waals surface area (Å²) in [5.41, 5.74) is 2.09. The van der Waals surface area contributed by atoms with E-state index in [0.717, 1.165) is 10.2 Å². The van der Waals surface area contributed by atoms with E-state index >= 15 is 0 Å². The highest BCUT2D eigenvalue weighted by molar-refractivity contribution is 9.10. The summed E-state index contributed by atoms with van der Waals surface area (Å²) in [6.45, 7) is 1.72. The summed E-state index contributed by atoms with van der Waals surface area (Å²) >= 11 is 8.56. The summed E-state index contributed by atoms with van der Waals surface area (Å²) in [6.07, 6.45) is 0. The normalized spacial score (nSPS) is 10.1. The van der Waals surface area contributed by atoms with Crippen LogP contribution in [0.3, 0.4) is 0 Å². The Bertz CT molecular complexity index is 616. The second-order valence-corrected chi connectivity index (χ2v) is 5.38. The van der Waals surface area contributed by atoms with Crippen LogP contribution in [0.25, 0.3) is 0 Å². The molecule has 0 saturated carbocycles. The summed E-state index contributed by atoms with van der Waals surface area (Å²) in [7, 11) is 0. The van der Waals surface area contributed by atoms with Gasteiger partial charge in [-0.15, -0.1) is 0 Å². The van der Waals surface area contributed by atoms with Gasteiger partial charge in [-0.3, -0.25) is 0 Å². The molecule has 0 aliphatic heterocycles. The maximum Gasteiger partial charge on any atom is 0.175 e. The van der Waals surface area contributed by atoms with E-state index in [-0.39, 0.29) is 5.82 Å². The van der Waals surface area contributed by atoms with Crippen LogP contribution in [-0.2, 0) is 0 Å². The van der Waals surface area contributed by atoms with Crippen molar-refractivity contribution in [3.05, 3.63) is 58.3 Å². The highest BCUT2D eigenvalue weighted by Gasteiger charge is 2.02. The van der Waals surface area contributed by atoms with E-state index in [9.17, 15) is 4.39 Å². The van der Waals surface area contributed by atoms with Crippen LogP contribution in [0.5, 0.6) is 0 Å². The molecule has 0 aromatic heterocycles. The highest BCUT2D eigenvalue weighted by atomic mass is 79.9. The quantitative estimate of drug-likeness (QED) is 0.775. The number of rotatable bonds is 2. The first-order valence-corrected chi connectivity index (χ1v) is 6.84. The van der Waals surface area contributed by atoms with Crippen molar-refractivity contribution in [1.82, 2.24) is 0 Å². The van der Waals surface area contributed by atoms with E-state index in [0.29, 0.717) is 16.4 Å². The van der Waals surface area contributed by atoms with Gasteiger partial charge in [0.2, 0.25) is 0 Å². The van der Waals surface area contributed by atoms with Gasteiger partial charge in [0.15, 0.2) is 5.11 Å². The Labute approximate surface area is 125 Å². The Kier molecular flexibility index (Phi) is 4.50. The van der Waals surface area contributed by atoms with Gasteiger partial charge in [-0.1, -0.05) is 28.1 Å². The molecule has 0 radical (unpaired) electrons. The second-order valence-electron chi connectivity index (χ2n) is 4.05. The Morgan fingerprint density at radius 2 is 1.79 bits per heavy atom. The van der Waals surface area contributed by atoms with Crippen LogP contribution in [0.2, 0.25) is 0 Å². The molecule has 2 aromatic rings. The largest absolute Gasteiger partial charge is 0.332 e. The number of halogens is 2. The van der Waals surface area contributed by atoms with E-state index in [2.05, 4.69) is 26.6 Å². The first-order valence-electron chi connectivity index (χ1n) is 5.64. The fourth-order valence-electron chi connectivity index (χ4n) is 1.53. The molecule has 0 bridgehead atoms. The minimum Gasteiger partial charge on any atom is -0.332 e.